The van der Waals surface area contributed by atoms with Gasteiger partial charge in [0, 0.05) is 6.04 Å². The van der Waals surface area contributed by atoms with E-state index in [0.29, 0.717) is 11.5 Å². The minimum atomic E-state index is -2.97. The molecule has 0 radical (unpaired) electrons. The standard InChI is InChI=1S/C20H24F2N2O3/c1-3-26-18-11-14(8-9-17(18)27-20(21)22)10-15(12-23)19(25)24-16-7-5-4-6-13(16)2/h8-11,13,16,20H,3-7H2,1-2H3,(H,24,25)/b15-10+/t13-,16+/m1/s1. The Labute approximate surface area is 158 Å². The van der Waals surface area contributed by atoms with Gasteiger partial charge in [0.15, 0.2) is 11.5 Å². The number of hydrogen-bond acceptors (Lipinski definition) is 4. The summed E-state index contributed by atoms with van der Waals surface area (Å²) in [5, 5.41) is 12.3. The molecule has 2 atom stereocenters. The lowest BCUT2D eigenvalue weighted by atomic mass is 9.86. The van der Waals surface area contributed by atoms with E-state index in [1.165, 1.54) is 24.3 Å². The fraction of sp³-hybridized carbons (Fsp3) is 0.500. The first kappa shape index (κ1) is 20.7. The maximum atomic E-state index is 12.5. The van der Waals surface area contributed by atoms with Crippen molar-refractivity contribution in [1.82, 2.24) is 5.32 Å². The van der Waals surface area contributed by atoms with Crippen molar-refractivity contribution < 1.29 is 23.0 Å². The summed E-state index contributed by atoms with van der Waals surface area (Å²) in [4.78, 5) is 12.5. The third-order valence-electron chi connectivity index (χ3n) is 4.59. The van der Waals surface area contributed by atoms with Gasteiger partial charge in [-0.25, -0.2) is 0 Å². The van der Waals surface area contributed by atoms with Crippen molar-refractivity contribution in [3.63, 3.8) is 0 Å². The predicted molar refractivity (Wildman–Crippen MR) is 97.4 cm³/mol. The van der Waals surface area contributed by atoms with Gasteiger partial charge < -0.3 is 14.8 Å². The van der Waals surface area contributed by atoms with Gasteiger partial charge in [0.05, 0.1) is 6.61 Å². The average molecular weight is 378 g/mol. The number of alkyl halides is 2. The summed E-state index contributed by atoms with van der Waals surface area (Å²) in [6.45, 7) is 1.10. The van der Waals surface area contributed by atoms with Gasteiger partial charge in [0.1, 0.15) is 11.6 Å². The monoisotopic (exact) mass is 378 g/mol. The summed E-state index contributed by atoms with van der Waals surface area (Å²) in [5.41, 5.74) is 0.446. The molecule has 1 aliphatic carbocycles. The Balaban J connectivity index is 2.19. The van der Waals surface area contributed by atoms with Crippen LogP contribution in [-0.2, 0) is 4.79 Å². The zero-order chi connectivity index (χ0) is 19.8. The summed E-state index contributed by atoms with van der Waals surface area (Å²) in [5.74, 6) is -0.0202. The van der Waals surface area contributed by atoms with Crippen molar-refractivity contribution in [1.29, 1.82) is 5.26 Å². The van der Waals surface area contributed by atoms with E-state index in [9.17, 15) is 18.8 Å². The molecule has 27 heavy (non-hydrogen) atoms. The molecule has 1 aromatic carbocycles. The van der Waals surface area contributed by atoms with E-state index >= 15 is 0 Å². The molecule has 1 N–H and O–H groups in total. The fourth-order valence-electron chi connectivity index (χ4n) is 3.17. The highest BCUT2D eigenvalue weighted by molar-refractivity contribution is 6.01. The lowest BCUT2D eigenvalue weighted by Crippen LogP contribution is -2.41. The number of benzene rings is 1. The molecule has 0 aliphatic heterocycles. The summed E-state index contributed by atoms with van der Waals surface area (Å²) in [6.07, 6.45) is 5.59. The van der Waals surface area contributed by atoms with Crippen molar-refractivity contribution in [2.75, 3.05) is 6.61 Å². The first-order valence-corrected chi connectivity index (χ1v) is 9.09. The highest BCUT2D eigenvalue weighted by atomic mass is 19.3. The lowest BCUT2D eigenvalue weighted by molar-refractivity contribution is -0.118. The van der Waals surface area contributed by atoms with E-state index < -0.39 is 12.5 Å². The number of nitriles is 1. The smallest absolute Gasteiger partial charge is 0.387 e. The highest BCUT2D eigenvalue weighted by Crippen LogP contribution is 2.31. The molecule has 1 amide bonds. The normalized spacial score (nSPS) is 20.1. The van der Waals surface area contributed by atoms with Crippen molar-refractivity contribution in [3.8, 4) is 17.6 Å². The zero-order valence-electron chi connectivity index (χ0n) is 15.5. The van der Waals surface area contributed by atoms with Crippen molar-refractivity contribution >= 4 is 12.0 Å². The van der Waals surface area contributed by atoms with Gasteiger partial charge in [-0.2, -0.15) is 14.0 Å². The molecule has 1 aromatic rings. The van der Waals surface area contributed by atoms with Gasteiger partial charge in [-0.3, -0.25) is 4.79 Å². The summed E-state index contributed by atoms with van der Waals surface area (Å²) >= 11 is 0. The molecular formula is C20H24F2N2O3. The minimum absolute atomic E-state index is 0.0438. The molecule has 1 aliphatic rings. The van der Waals surface area contributed by atoms with E-state index in [2.05, 4.69) is 17.0 Å². The molecule has 5 nitrogen and oxygen atoms in total. The van der Waals surface area contributed by atoms with Gasteiger partial charge in [0.25, 0.3) is 5.91 Å². The molecule has 0 heterocycles. The Bertz CT molecular complexity index is 728. The fourth-order valence-corrected chi connectivity index (χ4v) is 3.17. The lowest BCUT2D eigenvalue weighted by Gasteiger charge is -2.29. The van der Waals surface area contributed by atoms with Crippen molar-refractivity contribution in [2.24, 2.45) is 5.92 Å². The van der Waals surface area contributed by atoms with Crippen LogP contribution >= 0.6 is 0 Å². The van der Waals surface area contributed by atoms with Gasteiger partial charge in [0.2, 0.25) is 0 Å². The van der Waals surface area contributed by atoms with Gasteiger partial charge in [-0.15, -0.1) is 0 Å². The molecular weight excluding hydrogens is 354 g/mol. The Morgan fingerprint density at radius 2 is 2.11 bits per heavy atom. The van der Waals surface area contributed by atoms with E-state index in [1.54, 1.807) is 6.92 Å². The van der Waals surface area contributed by atoms with Crippen LogP contribution in [0.1, 0.15) is 45.1 Å². The first-order chi connectivity index (χ1) is 12.9. The molecule has 0 unspecified atom stereocenters. The molecule has 0 aromatic heterocycles. The van der Waals surface area contributed by atoms with Crippen LogP contribution in [0.25, 0.3) is 6.08 Å². The Hall–Kier alpha value is -2.62. The molecule has 7 heteroatoms. The Kier molecular flexibility index (Phi) is 7.59. The van der Waals surface area contributed by atoms with Crippen LogP contribution in [0.4, 0.5) is 8.78 Å². The predicted octanol–water partition coefficient (Wildman–Crippen LogP) is 4.29. The summed E-state index contributed by atoms with van der Waals surface area (Å²) in [6, 6.07) is 6.26. The second kappa shape index (κ2) is 9.91. The molecule has 1 fully saturated rings. The number of carbonyl (C=O) groups excluding carboxylic acids is 1. The summed E-state index contributed by atoms with van der Waals surface area (Å²) in [7, 11) is 0. The Morgan fingerprint density at radius 1 is 1.37 bits per heavy atom. The number of nitrogens with one attached hydrogen (secondary N) is 1. The largest absolute Gasteiger partial charge is 0.490 e. The second-order valence-corrected chi connectivity index (χ2v) is 6.53. The number of hydrogen-bond donors (Lipinski definition) is 1. The van der Waals surface area contributed by atoms with Crippen LogP contribution in [0.3, 0.4) is 0 Å². The Morgan fingerprint density at radius 3 is 2.74 bits per heavy atom. The van der Waals surface area contributed by atoms with Crippen LogP contribution < -0.4 is 14.8 Å². The van der Waals surface area contributed by atoms with E-state index in [-0.39, 0.29) is 29.7 Å². The van der Waals surface area contributed by atoms with Crippen LogP contribution in [0.2, 0.25) is 0 Å². The molecule has 0 spiro atoms. The van der Waals surface area contributed by atoms with E-state index in [1.807, 2.05) is 6.07 Å². The number of rotatable bonds is 7. The second-order valence-electron chi connectivity index (χ2n) is 6.53. The molecule has 2 rings (SSSR count). The average Bonchev–Trinajstić information content (AvgIpc) is 2.63. The molecule has 1 saturated carbocycles. The number of carbonyl (C=O) groups is 1. The third kappa shape index (κ3) is 5.95. The summed E-state index contributed by atoms with van der Waals surface area (Å²) < 4.78 is 34.7. The van der Waals surface area contributed by atoms with Gasteiger partial charge in [-0.1, -0.05) is 25.8 Å². The number of amides is 1. The molecule has 0 bridgehead atoms. The van der Waals surface area contributed by atoms with E-state index in [4.69, 9.17) is 4.74 Å². The van der Waals surface area contributed by atoms with E-state index in [0.717, 1.165) is 25.7 Å². The van der Waals surface area contributed by atoms with Gasteiger partial charge in [-0.05, 0) is 49.5 Å². The quantitative estimate of drug-likeness (QED) is 0.568. The highest BCUT2D eigenvalue weighted by Gasteiger charge is 2.24. The van der Waals surface area contributed by atoms with Crippen molar-refractivity contribution in [2.45, 2.75) is 52.2 Å². The van der Waals surface area contributed by atoms with Crippen molar-refractivity contribution in [3.05, 3.63) is 29.3 Å². The number of halogens is 2. The number of nitrogens with zero attached hydrogens (tertiary/aromatic N) is 1. The molecule has 0 saturated heterocycles. The van der Waals surface area contributed by atoms with Crippen LogP contribution in [-0.4, -0.2) is 25.2 Å². The minimum Gasteiger partial charge on any atom is -0.490 e. The molecule has 146 valence electrons. The maximum absolute atomic E-state index is 12.5. The third-order valence-corrected chi connectivity index (χ3v) is 4.59. The first-order valence-electron chi connectivity index (χ1n) is 9.09. The zero-order valence-corrected chi connectivity index (χ0v) is 15.5. The van der Waals surface area contributed by atoms with Gasteiger partial charge >= 0.3 is 6.61 Å². The SMILES string of the molecule is CCOc1cc(/C=C(\C#N)C(=O)N[C@H]2CCCC[C@H]2C)ccc1OC(F)F. The topological polar surface area (TPSA) is 71.3 Å². The van der Waals surface area contributed by atoms with Crippen LogP contribution in [0.15, 0.2) is 23.8 Å². The number of ether oxygens (including phenoxy) is 2. The van der Waals surface area contributed by atoms with Crippen LogP contribution in [0, 0.1) is 17.2 Å². The maximum Gasteiger partial charge on any atom is 0.387 e. The van der Waals surface area contributed by atoms with Crippen LogP contribution in [0.5, 0.6) is 11.5 Å².